The monoisotopic (exact) mass is 473 g/mol. The molecule has 7 nitrogen and oxygen atoms in total. The summed E-state index contributed by atoms with van der Waals surface area (Å²) >= 11 is 13.7. The molecule has 2 aromatic heterocycles. The van der Waals surface area contributed by atoms with Crippen molar-refractivity contribution in [2.45, 2.75) is 6.42 Å². The number of nitro benzene ring substituents is 1. The normalized spacial score (nSPS) is 10.8. The minimum absolute atomic E-state index is 0.0613. The van der Waals surface area contributed by atoms with Crippen LogP contribution in [0.4, 0.5) is 10.8 Å². The molecule has 0 unspecified atom stereocenters. The molecular weight excluding hydrogens is 461 g/mol. The fourth-order valence-corrected chi connectivity index (χ4v) is 4.22. The molecule has 4 rings (SSSR count). The number of aromatic nitrogens is 1. The topological polar surface area (TPSA) is 98.3 Å². The van der Waals surface area contributed by atoms with E-state index in [4.69, 9.17) is 27.6 Å². The van der Waals surface area contributed by atoms with Crippen molar-refractivity contribution in [2.75, 3.05) is 5.32 Å². The van der Waals surface area contributed by atoms with E-state index in [2.05, 4.69) is 10.3 Å². The highest BCUT2D eigenvalue weighted by Gasteiger charge is 2.16. The van der Waals surface area contributed by atoms with E-state index in [-0.39, 0.29) is 11.4 Å². The van der Waals surface area contributed by atoms with Gasteiger partial charge in [-0.25, -0.2) is 4.98 Å². The second-order valence-electron chi connectivity index (χ2n) is 6.43. The number of benzene rings is 2. The minimum Gasteiger partial charge on any atom is -0.451 e. The minimum atomic E-state index is -0.490. The molecule has 2 heterocycles. The molecule has 0 saturated heterocycles. The first-order valence-corrected chi connectivity index (χ1v) is 10.5. The van der Waals surface area contributed by atoms with Crippen molar-refractivity contribution in [3.05, 3.63) is 97.2 Å². The van der Waals surface area contributed by atoms with E-state index < -0.39 is 10.8 Å². The Morgan fingerprint density at radius 1 is 1.13 bits per heavy atom. The number of hydrogen-bond donors (Lipinski definition) is 1. The number of carbonyl (C=O) groups excluding carboxylic acids is 1. The lowest BCUT2D eigenvalue weighted by Gasteiger charge is -2.04. The Kier molecular flexibility index (Phi) is 6.03. The number of nitro groups is 1. The first-order chi connectivity index (χ1) is 14.9. The first kappa shape index (κ1) is 21.0. The van der Waals surface area contributed by atoms with E-state index in [9.17, 15) is 14.9 Å². The van der Waals surface area contributed by atoms with Crippen molar-refractivity contribution in [3.63, 3.8) is 0 Å². The van der Waals surface area contributed by atoms with Crippen LogP contribution in [0.15, 0.2) is 65.2 Å². The predicted molar refractivity (Wildman–Crippen MR) is 120 cm³/mol. The smallest absolute Gasteiger partial charge is 0.293 e. The van der Waals surface area contributed by atoms with Crippen LogP contribution in [-0.4, -0.2) is 15.8 Å². The summed E-state index contributed by atoms with van der Waals surface area (Å²) in [6, 6.07) is 14.4. The van der Waals surface area contributed by atoms with E-state index in [1.165, 1.54) is 29.5 Å². The molecular formula is C21H13Cl2N3O4S. The first-order valence-electron chi connectivity index (χ1n) is 8.94. The Hall–Kier alpha value is -3.20. The van der Waals surface area contributed by atoms with Gasteiger partial charge in [0.15, 0.2) is 10.9 Å². The molecule has 31 heavy (non-hydrogen) atoms. The number of thiazole rings is 1. The molecule has 1 amide bonds. The molecule has 2 aromatic carbocycles. The SMILES string of the molecule is O=C(Nc1ncc(Cc2c(Cl)cccc2Cl)s1)c1ccc(-c2cccc([N+](=O)[O-])c2)o1. The van der Waals surface area contributed by atoms with E-state index in [0.29, 0.717) is 32.9 Å². The molecule has 0 atom stereocenters. The van der Waals surface area contributed by atoms with Crippen LogP contribution in [0, 0.1) is 10.1 Å². The van der Waals surface area contributed by atoms with Crippen LogP contribution in [0.3, 0.4) is 0 Å². The third-order valence-electron chi connectivity index (χ3n) is 4.36. The Bertz CT molecular complexity index is 1260. The van der Waals surface area contributed by atoms with Crippen LogP contribution in [0.2, 0.25) is 10.0 Å². The molecule has 0 saturated carbocycles. The average molecular weight is 474 g/mol. The molecule has 0 aliphatic rings. The zero-order valence-electron chi connectivity index (χ0n) is 15.7. The second-order valence-corrected chi connectivity index (χ2v) is 8.36. The lowest BCUT2D eigenvalue weighted by molar-refractivity contribution is -0.384. The lowest BCUT2D eigenvalue weighted by atomic mass is 10.1. The fourth-order valence-electron chi connectivity index (χ4n) is 2.87. The number of hydrogen-bond acceptors (Lipinski definition) is 6. The van der Waals surface area contributed by atoms with Gasteiger partial charge in [-0.3, -0.25) is 20.2 Å². The van der Waals surface area contributed by atoms with Crippen LogP contribution < -0.4 is 5.32 Å². The van der Waals surface area contributed by atoms with Crippen LogP contribution in [-0.2, 0) is 6.42 Å². The molecule has 0 spiro atoms. The van der Waals surface area contributed by atoms with Crippen LogP contribution >= 0.6 is 34.5 Å². The van der Waals surface area contributed by atoms with Crippen LogP contribution in [0.25, 0.3) is 11.3 Å². The van der Waals surface area contributed by atoms with E-state index in [0.717, 1.165) is 10.4 Å². The second kappa shape index (κ2) is 8.89. The summed E-state index contributed by atoms with van der Waals surface area (Å²) in [4.78, 5) is 28.1. The van der Waals surface area contributed by atoms with E-state index in [1.54, 1.807) is 42.6 Å². The molecule has 1 N–H and O–H groups in total. The number of halogens is 2. The molecule has 156 valence electrons. The van der Waals surface area contributed by atoms with Gasteiger partial charge in [-0.05, 0) is 29.8 Å². The van der Waals surface area contributed by atoms with Gasteiger partial charge in [0.25, 0.3) is 11.6 Å². The zero-order valence-corrected chi connectivity index (χ0v) is 18.0. The summed E-state index contributed by atoms with van der Waals surface area (Å²) in [6.45, 7) is 0. The molecule has 0 aliphatic carbocycles. The number of amides is 1. The summed E-state index contributed by atoms with van der Waals surface area (Å²) in [5.41, 5.74) is 1.23. The summed E-state index contributed by atoms with van der Waals surface area (Å²) in [5, 5.41) is 15.2. The van der Waals surface area contributed by atoms with Crippen molar-refractivity contribution in [3.8, 4) is 11.3 Å². The highest BCUT2D eigenvalue weighted by molar-refractivity contribution is 7.15. The maximum Gasteiger partial charge on any atom is 0.293 e. The third-order valence-corrected chi connectivity index (χ3v) is 5.98. The highest BCUT2D eigenvalue weighted by Crippen LogP contribution is 2.30. The number of furan rings is 1. The van der Waals surface area contributed by atoms with Gasteiger partial charge in [0.05, 0.1) is 4.92 Å². The van der Waals surface area contributed by atoms with E-state index in [1.807, 2.05) is 0 Å². The van der Waals surface area contributed by atoms with Gasteiger partial charge in [-0.1, -0.05) is 41.4 Å². The summed E-state index contributed by atoms with van der Waals surface area (Å²) < 4.78 is 5.58. The lowest BCUT2D eigenvalue weighted by Crippen LogP contribution is -2.10. The maximum atomic E-state index is 12.5. The van der Waals surface area contributed by atoms with Gasteiger partial charge in [-0.2, -0.15) is 0 Å². The standard InChI is InChI=1S/C21H13Cl2N3O4S/c22-16-5-2-6-17(23)15(16)10-14-11-24-21(31-14)25-20(27)19-8-7-18(30-19)12-3-1-4-13(9-12)26(28)29/h1-9,11H,10H2,(H,24,25,27). The highest BCUT2D eigenvalue weighted by atomic mass is 35.5. The molecule has 0 radical (unpaired) electrons. The van der Waals surface area contributed by atoms with Crippen LogP contribution in [0.5, 0.6) is 0 Å². The van der Waals surface area contributed by atoms with Crippen molar-refractivity contribution >= 4 is 51.3 Å². The van der Waals surface area contributed by atoms with Gasteiger partial charge >= 0.3 is 0 Å². The largest absolute Gasteiger partial charge is 0.451 e. The van der Waals surface area contributed by atoms with Crippen LogP contribution in [0.1, 0.15) is 21.0 Å². The summed E-state index contributed by atoms with van der Waals surface area (Å²) in [7, 11) is 0. The summed E-state index contributed by atoms with van der Waals surface area (Å²) in [5.74, 6) is -0.0669. The Morgan fingerprint density at radius 2 is 1.87 bits per heavy atom. The van der Waals surface area contributed by atoms with Gasteiger partial charge in [0.1, 0.15) is 5.76 Å². The fraction of sp³-hybridized carbons (Fsp3) is 0.0476. The predicted octanol–water partition coefficient (Wildman–Crippen LogP) is 6.46. The van der Waals surface area contributed by atoms with Crippen molar-refractivity contribution in [1.29, 1.82) is 0 Å². The Labute approximate surface area is 190 Å². The number of anilines is 1. The van der Waals surface area contributed by atoms with Gasteiger partial charge < -0.3 is 4.42 Å². The molecule has 4 aromatic rings. The number of rotatable bonds is 6. The number of nitrogens with one attached hydrogen (secondary N) is 1. The van der Waals surface area contributed by atoms with Crippen molar-refractivity contribution < 1.29 is 14.1 Å². The number of non-ortho nitro benzene ring substituents is 1. The van der Waals surface area contributed by atoms with Crippen molar-refractivity contribution in [1.82, 2.24) is 4.98 Å². The Morgan fingerprint density at radius 3 is 2.61 bits per heavy atom. The number of carbonyl (C=O) groups is 1. The molecule has 0 bridgehead atoms. The Balaban J connectivity index is 1.46. The quantitative estimate of drug-likeness (QED) is 0.255. The number of nitrogens with zero attached hydrogens (tertiary/aromatic N) is 2. The third kappa shape index (κ3) is 4.77. The summed E-state index contributed by atoms with van der Waals surface area (Å²) in [6.07, 6.45) is 2.14. The molecule has 10 heteroatoms. The molecule has 0 fully saturated rings. The van der Waals surface area contributed by atoms with Gasteiger partial charge in [-0.15, -0.1) is 11.3 Å². The maximum absolute atomic E-state index is 12.5. The average Bonchev–Trinajstić information content (AvgIpc) is 3.41. The van der Waals surface area contributed by atoms with Gasteiger partial charge in [0, 0.05) is 45.2 Å². The van der Waals surface area contributed by atoms with E-state index >= 15 is 0 Å². The van der Waals surface area contributed by atoms with Crippen molar-refractivity contribution in [2.24, 2.45) is 0 Å². The molecule has 0 aliphatic heterocycles. The van der Waals surface area contributed by atoms with Gasteiger partial charge in [0.2, 0.25) is 0 Å². The zero-order chi connectivity index (χ0) is 22.0.